The zero-order valence-electron chi connectivity index (χ0n) is 6.38. The Labute approximate surface area is 70.6 Å². The van der Waals surface area contributed by atoms with E-state index in [1.165, 1.54) is 13.8 Å². The summed E-state index contributed by atoms with van der Waals surface area (Å²) in [5.74, 6) is -1.60. The van der Waals surface area contributed by atoms with Crippen LogP contribution in [0.5, 0.6) is 0 Å². The molecule has 12 heavy (non-hydrogen) atoms. The van der Waals surface area contributed by atoms with Crippen molar-refractivity contribution in [3.8, 4) is 0 Å². The summed E-state index contributed by atoms with van der Waals surface area (Å²) in [6, 6.07) is 0. The molecular formula is C4H8O6S2. The SMILES string of the molecule is CC1(C)OS(=O)(=O)C=S(=O)(O)O1. The molecule has 6 nitrogen and oxygen atoms in total. The van der Waals surface area contributed by atoms with Gasteiger partial charge in [-0.1, -0.05) is 0 Å². The molecule has 1 aliphatic rings. The van der Waals surface area contributed by atoms with Crippen LogP contribution < -0.4 is 0 Å². The third-order valence-corrected chi connectivity index (χ3v) is 4.07. The highest BCUT2D eigenvalue weighted by atomic mass is 32.3. The van der Waals surface area contributed by atoms with Crippen molar-refractivity contribution in [3.63, 3.8) is 0 Å². The van der Waals surface area contributed by atoms with Crippen LogP contribution in [-0.2, 0) is 28.6 Å². The van der Waals surface area contributed by atoms with E-state index in [2.05, 4.69) is 8.37 Å². The van der Waals surface area contributed by atoms with Crippen LogP contribution in [0.15, 0.2) is 0 Å². The topological polar surface area (TPSA) is 89.9 Å². The van der Waals surface area contributed by atoms with Gasteiger partial charge >= 0.3 is 10.1 Å². The Morgan fingerprint density at radius 3 is 2.08 bits per heavy atom. The molecule has 1 unspecified atom stereocenters. The van der Waals surface area contributed by atoms with E-state index < -0.39 is 26.0 Å². The Hall–Kier alpha value is -0.150. The van der Waals surface area contributed by atoms with Gasteiger partial charge in [-0.15, -0.1) is 0 Å². The average Bonchev–Trinajstić information content (AvgIpc) is 1.44. The summed E-state index contributed by atoms with van der Waals surface area (Å²) in [7, 11) is -7.96. The van der Waals surface area contributed by atoms with Crippen molar-refractivity contribution in [2.75, 3.05) is 0 Å². The van der Waals surface area contributed by atoms with E-state index in [1.54, 1.807) is 0 Å². The summed E-state index contributed by atoms with van der Waals surface area (Å²) >= 11 is 0. The normalized spacial score (nSPS) is 38.6. The maximum absolute atomic E-state index is 10.9. The molecule has 0 spiro atoms. The first-order valence-corrected chi connectivity index (χ1v) is 5.87. The van der Waals surface area contributed by atoms with Gasteiger partial charge in [-0.3, -0.25) is 4.55 Å². The van der Waals surface area contributed by atoms with Crippen LogP contribution in [0, 0.1) is 0 Å². The van der Waals surface area contributed by atoms with Crippen molar-refractivity contribution < 1.29 is 25.5 Å². The Balaban J connectivity index is 3.32. The molecule has 1 heterocycles. The zero-order valence-corrected chi connectivity index (χ0v) is 8.02. The van der Waals surface area contributed by atoms with Crippen LogP contribution in [0.25, 0.3) is 0 Å². The number of rotatable bonds is 0. The summed E-state index contributed by atoms with van der Waals surface area (Å²) in [6.45, 7) is 2.46. The maximum Gasteiger partial charge on any atom is 0.305 e. The van der Waals surface area contributed by atoms with E-state index >= 15 is 0 Å². The lowest BCUT2D eigenvalue weighted by molar-refractivity contribution is -0.0730. The van der Waals surface area contributed by atoms with Crippen LogP contribution in [0.4, 0.5) is 0 Å². The minimum atomic E-state index is -4.07. The van der Waals surface area contributed by atoms with Crippen molar-refractivity contribution in [2.24, 2.45) is 0 Å². The van der Waals surface area contributed by atoms with E-state index in [0.717, 1.165) is 0 Å². The van der Waals surface area contributed by atoms with Crippen molar-refractivity contribution in [1.29, 1.82) is 0 Å². The van der Waals surface area contributed by atoms with Crippen molar-refractivity contribution >= 4 is 24.9 Å². The first-order valence-electron chi connectivity index (χ1n) is 2.90. The summed E-state index contributed by atoms with van der Waals surface area (Å²) in [4.78, 5) is 0. The van der Waals surface area contributed by atoms with E-state index in [4.69, 9.17) is 4.55 Å². The van der Waals surface area contributed by atoms with Crippen LogP contribution >= 0.6 is 0 Å². The Kier molecular flexibility index (Phi) is 2.00. The molecule has 1 atom stereocenters. The Morgan fingerprint density at radius 2 is 1.75 bits per heavy atom. The third-order valence-electron chi connectivity index (χ3n) is 0.876. The van der Waals surface area contributed by atoms with Gasteiger partial charge in [0.05, 0.1) is 0 Å². The highest BCUT2D eigenvalue weighted by Gasteiger charge is 2.36. The first kappa shape index (κ1) is 9.93. The second-order valence-electron chi connectivity index (χ2n) is 2.67. The quantitative estimate of drug-likeness (QED) is 0.435. The minimum absolute atomic E-state index is 0.144. The molecule has 0 bridgehead atoms. The highest BCUT2D eigenvalue weighted by molar-refractivity contribution is 8.15. The molecule has 1 N–H and O–H groups in total. The lowest BCUT2D eigenvalue weighted by Gasteiger charge is -2.26. The lowest BCUT2D eigenvalue weighted by Crippen LogP contribution is -2.39. The largest absolute Gasteiger partial charge is 0.305 e. The standard InChI is InChI=1S/C4H8O6S2/c1-4(2)9-11(5,6)3-12(7,8)10-4/h3H,1-2H3,(H,5,6). The summed E-state index contributed by atoms with van der Waals surface area (Å²) in [5, 5.41) is 0. The predicted octanol–water partition coefficient (Wildman–Crippen LogP) is -0.469. The van der Waals surface area contributed by atoms with Crippen LogP contribution in [0.1, 0.15) is 13.8 Å². The first-order chi connectivity index (χ1) is 5.12. The molecule has 0 aliphatic carbocycles. The second kappa shape index (κ2) is 2.42. The molecular weight excluding hydrogens is 208 g/mol. The van der Waals surface area contributed by atoms with E-state index in [1.807, 2.05) is 0 Å². The second-order valence-corrected chi connectivity index (χ2v) is 5.79. The molecule has 0 fully saturated rings. The van der Waals surface area contributed by atoms with Crippen LogP contribution in [-0.4, -0.2) is 27.7 Å². The minimum Gasteiger partial charge on any atom is -0.293 e. The fourth-order valence-corrected chi connectivity index (χ4v) is 3.52. The van der Waals surface area contributed by atoms with E-state index in [9.17, 15) is 12.6 Å². The molecule has 0 aromatic rings. The molecule has 0 aromatic carbocycles. The zero-order chi connectivity index (χ0) is 9.62. The van der Waals surface area contributed by atoms with Crippen molar-refractivity contribution in [2.45, 2.75) is 19.6 Å². The maximum atomic E-state index is 10.9. The molecule has 1 rings (SSSR count). The van der Waals surface area contributed by atoms with Gasteiger partial charge in [-0.25, -0.2) is 12.6 Å². The van der Waals surface area contributed by atoms with Crippen molar-refractivity contribution in [1.82, 2.24) is 0 Å². The van der Waals surface area contributed by atoms with Gasteiger partial charge in [0.15, 0.2) is 10.5 Å². The monoisotopic (exact) mass is 216 g/mol. The van der Waals surface area contributed by atoms with Gasteiger partial charge in [0.25, 0.3) is 0 Å². The highest BCUT2D eigenvalue weighted by Crippen LogP contribution is 2.21. The molecule has 8 heteroatoms. The van der Waals surface area contributed by atoms with E-state index in [0.29, 0.717) is 0 Å². The summed E-state index contributed by atoms with van der Waals surface area (Å²) < 4.78 is 50.2. The van der Waals surface area contributed by atoms with Gasteiger partial charge in [-0.05, 0) is 13.8 Å². The van der Waals surface area contributed by atoms with E-state index in [-0.39, 0.29) is 4.70 Å². The third kappa shape index (κ3) is 2.42. The van der Waals surface area contributed by atoms with Gasteiger partial charge < -0.3 is 0 Å². The molecule has 1 aliphatic heterocycles. The summed E-state index contributed by atoms with van der Waals surface area (Å²) in [6.07, 6.45) is 0. The number of hydrogen-bond acceptors (Lipinski definition) is 5. The molecule has 0 amide bonds. The van der Waals surface area contributed by atoms with Gasteiger partial charge in [0.1, 0.15) is 0 Å². The fourth-order valence-electron chi connectivity index (χ4n) is 0.769. The Bertz CT molecular complexity index is 395. The summed E-state index contributed by atoms with van der Waals surface area (Å²) in [5.41, 5.74) is 0. The van der Waals surface area contributed by atoms with Gasteiger partial charge in [-0.2, -0.15) is 8.42 Å². The molecule has 0 saturated carbocycles. The lowest BCUT2D eigenvalue weighted by atomic mass is 10.4. The van der Waals surface area contributed by atoms with Crippen molar-refractivity contribution in [3.05, 3.63) is 0 Å². The smallest absolute Gasteiger partial charge is 0.293 e. The molecule has 0 saturated heterocycles. The predicted molar refractivity (Wildman–Crippen MR) is 42.0 cm³/mol. The average molecular weight is 216 g/mol. The molecule has 72 valence electrons. The molecule has 0 radical (unpaired) electrons. The van der Waals surface area contributed by atoms with Gasteiger partial charge in [0.2, 0.25) is 10.1 Å². The Morgan fingerprint density at radius 1 is 1.25 bits per heavy atom. The van der Waals surface area contributed by atoms with Crippen LogP contribution in [0.3, 0.4) is 0 Å². The number of hydrogen-bond donors (Lipinski definition) is 1. The molecule has 0 aromatic heterocycles. The van der Waals surface area contributed by atoms with Crippen LogP contribution in [0.2, 0.25) is 0 Å². The van der Waals surface area contributed by atoms with Gasteiger partial charge in [0, 0.05) is 0 Å². The fraction of sp³-hybridized carbons (Fsp3) is 0.750.